The molecular formula is C19H23FN2O3. The van der Waals surface area contributed by atoms with Crippen molar-refractivity contribution >= 4 is 17.6 Å². The van der Waals surface area contributed by atoms with Crippen molar-refractivity contribution in [2.24, 2.45) is 16.7 Å². The minimum atomic E-state index is -0.918. The van der Waals surface area contributed by atoms with Crippen molar-refractivity contribution in [3.8, 4) is 0 Å². The minimum Gasteiger partial charge on any atom is -0.353 e. The molecule has 2 aliphatic rings. The SMILES string of the molecule is CC1(C)C2CCC1(C(=O)NCCNC(=O)c1ccc(F)cc1)C(=O)C2. The van der Waals surface area contributed by atoms with Gasteiger partial charge in [-0.2, -0.15) is 0 Å². The maximum absolute atomic E-state index is 12.9. The number of fused-ring (bicyclic) bond motifs is 2. The van der Waals surface area contributed by atoms with Gasteiger partial charge in [0.2, 0.25) is 5.91 Å². The van der Waals surface area contributed by atoms with Crippen molar-refractivity contribution in [2.45, 2.75) is 33.1 Å². The number of nitrogens with one attached hydrogen (secondary N) is 2. The summed E-state index contributed by atoms with van der Waals surface area (Å²) in [4.78, 5) is 37.1. The van der Waals surface area contributed by atoms with Crippen LogP contribution in [0.1, 0.15) is 43.5 Å². The molecule has 1 aromatic carbocycles. The zero-order valence-electron chi connectivity index (χ0n) is 14.5. The molecule has 0 spiro atoms. The topological polar surface area (TPSA) is 75.3 Å². The van der Waals surface area contributed by atoms with Crippen LogP contribution in [-0.2, 0) is 9.59 Å². The summed E-state index contributed by atoms with van der Waals surface area (Å²) in [5.74, 6) is -0.628. The highest BCUT2D eigenvalue weighted by molar-refractivity contribution is 6.09. The molecule has 2 N–H and O–H groups in total. The summed E-state index contributed by atoms with van der Waals surface area (Å²) in [6.45, 7) is 4.51. The van der Waals surface area contributed by atoms with E-state index in [2.05, 4.69) is 10.6 Å². The van der Waals surface area contributed by atoms with E-state index in [9.17, 15) is 18.8 Å². The highest BCUT2D eigenvalue weighted by atomic mass is 19.1. The van der Waals surface area contributed by atoms with Crippen LogP contribution in [0.2, 0.25) is 0 Å². The van der Waals surface area contributed by atoms with Crippen molar-refractivity contribution < 1.29 is 18.8 Å². The fourth-order valence-corrected chi connectivity index (χ4v) is 4.42. The Labute approximate surface area is 146 Å². The average Bonchev–Trinajstić information content (AvgIpc) is 2.94. The first-order valence-electron chi connectivity index (χ1n) is 8.64. The zero-order chi connectivity index (χ0) is 18.2. The molecule has 2 aliphatic carbocycles. The van der Waals surface area contributed by atoms with Gasteiger partial charge in [0.25, 0.3) is 5.91 Å². The van der Waals surface area contributed by atoms with E-state index in [0.29, 0.717) is 18.4 Å². The van der Waals surface area contributed by atoms with Crippen molar-refractivity contribution in [1.29, 1.82) is 0 Å². The van der Waals surface area contributed by atoms with E-state index in [4.69, 9.17) is 0 Å². The van der Waals surface area contributed by atoms with Crippen molar-refractivity contribution in [2.75, 3.05) is 13.1 Å². The predicted octanol–water partition coefficient (Wildman–Crippen LogP) is 2.07. The van der Waals surface area contributed by atoms with E-state index in [1.165, 1.54) is 24.3 Å². The third-order valence-electron chi connectivity index (χ3n) is 6.09. The molecule has 1 aromatic rings. The Kier molecular flexibility index (Phi) is 4.39. The molecular weight excluding hydrogens is 323 g/mol. The number of amides is 2. The fraction of sp³-hybridized carbons (Fsp3) is 0.526. The Hall–Kier alpha value is -2.24. The van der Waals surface area contributed by atoms with E-state index >= 15 is 0 Å². The molecule has 6 heteroatoms. The molecule has 134 valence electrons. The summed E-state index contributed by atoms with van der Waals surface area (Å²) in [5, 5.41) is 5.49. The molecule has 3 rings (SSSR count). The molecule has 25 heavy (non-hydrogen) atoms. The van der Waals surface area contributed by atoms with Gasteiger partial charge in [0.1, 0.15) is 17.0 Å². The van der Waals surface area contributed by atoms with Gasteiger partial charge in [0, 0.05) is 25.1 Å². The first kappa shape index (κ1) is 17.6. The van der Waals surface area contributed by atoms with Gasteiger partial charge in [0.15, 0.2) is 0 Å². The molecule has 2 fully saturated rings. The van der Waals surface area contributed by atoms with Crippen LogP contribution in [0.3, 0.4) is 0 Å². The zero-order valence-corrected chi connectivity index (χ0v) is 14.5. The van der Waals surface area contributed by atoms with Crippen LogP contribution >= 0.6 is 0 Å². The standard InChI is InChI=1S/C19H23FN2O3/c1-18(2)13-7-8-19(18,15(23)11-13)17(25)22-10-9-21-16(24)12-3-5-14(20)6-4-12/h3-6,13H,7-11H2,1-2H3,(H,21,24)(H,22,25). The number of benzene rings is 1. The van der Waals surface area contributed by atoms with E-state index in [1.807, 2.05) is 13.8 Å². The first-order chi connectivity index (χ1) is 11.8. The number of hydrogen-bond donors (Lipinski definition) is 2. The second kappa shape index (κ2) is 6.24. The summed E-state index contributed by atoms with van der Waals surface area (Å²) < 4.78 is 12.9. The Morgan fingerprint density at radius 1 is 1.16 bits per heavy atom. The van der Waals surface area contributed by atoms with Crippen molar-refractivity contribution in [1.82, 2.24) is 10.6 Å². The normalized spacial score (nSPS) is 26.5. The van der Waals surface area contributed by atoms with E-state index in [1.54, 1.807) is 0 Å². The number of carbonyl (C=O) groups is 3. The van der Waals surface area contributed by atoms with Gasteiger partial charge in [-0.25, -0.2) is 4.39 Å². The fourth-order valence-electron chi connectivity index (χ4n) is 4.42. The van der Waals surface area contributed by atoms with Gasteiger partial charge in [-0.05, 0) is 48.4 Å². The lowest BCUT2D eigenvalue weighted by Crippen LogP contribution is -2.51. The molecule has 2 atom stereocenters. The van der Waals surface area contributed by atoms with Crippen LogP contribution in [0.4, 0.5) is 4.39 Å². The lowest BCUT2D eigenvalue weighted by molar-refractivity contribution is -0.144. The van der Waals surface area contributed by atoms with E-state index in [-0.39, 0.29) is 42.0 Å². The Bertz CT molecular complexity index is 714. The third-order valence-corrected chi connectivity index (χ3v) is 6.09. The van der Waals surface area contributed by atoms with Gasteiger partial charge < -0.3 is 10.6 Å². The molecule has 2 amide bonds. The number of rotatable bonds is 5. The highest BCUT2D eigenvalue weighted by Crippen LogP contribution is 2.63. The van der Waals surface area contributed by atoms with Crippen LogP contribution < -0.4 is 10.6 Å². The summed E-state index contributed by atoms with van der Waals surface area (Å²) in [6.07, 6.45) is 2.01. The molecule has 2 unspecified atom stereocenters. The maximum Gasteiger partial charge on any atom is 0.251 e. The number of carbonyl (C=O) groups excluding carboxylic acids is 3. The Morgan fingerprint density at radius 3 is 2.36 bits per heavy atom. The van der Waals surface area contributed by atoms with Gasteiger partial charge in [-0.1, -0.05) is 13.8 Å². The van der Waals surface area contributed by atoms with Crippen molar-refractivity contribution in [3.05, 3.63) is 35.6 Å². The van der Waals surface area contributed by atoms with Gasteiger partial charge in [0.05, 0.1) is 0 Å². The Morgan fingerprint density at radius 2 is 1.80 bits per heavy atom. The summed E-state index contributed by atoms with van der Waals surface area (Å²) in [5.41, 5.74) is -0.874. The van der Waals surface area contributed by atoms with Crippen LogP contribution in [0.15, 0.2) is 24.3 Å². The molecule has 0 heterocycles. The largest absolute Gasteiger partial charge is 0.353 e. The summed E-state index contributed by atoms with van der Waals surface area (Å²) in [7, 11) is 0. The minimum absolute atomic E-state index is 0.0431. The molecule has 0 aromatic heterocycles. The third kappa shape index (κ3) is 2.73. The second-order valence-corrected chi connectivity index (χ2v) is 7.51. The lowest BCUT2D eigenvalue weighted by Gasteiger charge is -2.34. The monoisotopic (exact) mass is 346 g/mol. The highest BCUT2D eigenvalue weighted by Gasteiger charge is 2.67. The van der Waals surface area contributed by atoms with Crippen LogP contribution in [0.5, 0.6) is 0 Å². The maximum atomic E-state index is 12.9. The molecule has 2 bridgehead atoms. The molecule has 0 saturated heterocycles. The van der Waals surface area contributed by atoms with Crippen LogP contribution in [-0.4, -0.2) is 30.7 Å². The van der Waals surface area contributed by atoms with Crippen molar-refractivity contribution in [3.63, 3.8) is 0 Å². The molecule has 5 nitrogen and oxygen atoms in total. The van der Waals surface area contributed by atoms with Crippen LogP contribution in [0, 0.1) is 22.6 Å². The number of ketones is 1. The first-order valence-corrected chi connectivity index (χ1v) is 8.64. The second-order valence-electron chi connectivity index (χ2n) is 7.51. The smallest absolute Gasteiger partial charge is 0.251 e. The van der Waals surface area contributed by atoms with Gasteiger partial charge >= 0.3 is 0 Å². The van der Waals surface area contributed by atoms with E-state index < -0.39 is 11.2 Å². The van der Waals surface area contributed by atoms with Crippen LogP contribution in [0.25, 0.3) is 0 Å². The number of Topliss-reactive ketones (excluding diaryl/α,β-unsaturated/α-hetero) is 1. The lowest BCUT2D eigenvalue weighted by atomic mass is 9.68. The average molecular weight is 346 g/mol. The Balaban J connectivity index is 1.52. The molecule has 0 radical (unpaired) electrons. The van der Waals surface area contributed by atoms with Gasteiger partial charge in [-0.15, -0.1) is 0 Å². The summed E-state index contributed by atoms with van der Waals surface area (Å²) >= 11 is 0. The molecule has 2 saturated carbocycles. The van der Waals surface area contributed by atoms with Gasteiger partial charge in [-0.3, -0.25) is 14.4 Å². The summed E-state index contributed by atoms with van der Waals surface area (Å²) in [6, 6.07) is 5.25. The quantitative estimate of drug-likeness (QED) is 0.633. The molecule has 0 aliphatic heterocycles. The number of halogens is 1. The van der Waals surface area contributed by atoms with E-state index in [0.717, 1.165) is 6.42 Å². The number of hydrogen-bond acceptors (Lipinski definition) is 3. The predicted molar refractivity (Wildman–Crippen MR) is 90.3 cm³/mol.